The van der Waals surface area contributed by atoms with E-state index in [0.29, 0.717) is 9.72 Å². The van der Waals surface area contributed by atoms with Gasteiger partial charge < -0.3 is 4.52 Å². The maximum absolute atomic E-state index is 4.98. The second kappa shape index (κ2) is 3.70. The summed E-state index contributed by atoms with van der Waals surface area (Å²) in [6.45, 7) is 0. The summed E-state index contributed by atoms with van der Waals surface area (Å²) in [4.78, 5) is 8.06. The standard InChI is InChI=1S/C7H3BrIN3O/c8-5-1-4(2-10-3-5)6-11-7(9)12-13-6/h1-3H. The van der Waals surface area contributed by atoms with Crippen LogP contribution >= 0.6 is 38.5 Å². The van der Waals surface area contributed by atoms with E-state index >= 15 is 0 Å². The molecule has 2 aromatic rings. The van der Waals surface area contributed by atoms with Crippen molar-refractivity contribution in [3.05, 3.63) is 26.8 Å². The summed E-state index contributed by atoms with van der Waals surface area (Å²) >= 11 is 5.30. The minimum atomic E-state index is 0.484. The molecule has 0 aliphatic heterocycles. The van der Waals surface area contributed by atoms with E-state index in [1.165, 1.54) is 0 Å². The second-order valence-corrected chi connectivity index (χ2v) is 4.14. The average Bonchev–Trinajstić information content (AvgIpc) is 2.52. The van der Waals surface area contributed by atoms with Gasteiger partial charge in [0.1, 0.15) is 0 Å². The SMILES string of the molecule is Brc1cncc(-c2nc(I)no2)c1. The van der Waals surface area contributed by atoms with Gasteiger partial charge in [-0.25, -0.2) is 0 Å². The lowest BCUT2D eigenvalue weighted by atomic mass is 10.3. The summed E-state index contributed by atoms with van der Waals surface area (Å²) in [5, 5.41) is 3.68. The maximum atomic E-state index is 4.98. The first kappa shape index (κ1) is 9.07. The molecule has 4 nitrogen and oxygen atoms in total. The first-order valence-electron chi connectivity index (χ1n) is 3.36. The Morgan fingerprint density at radius 2 is 2.23 bits per heavy atom. The number of pyridine rings is 1. The third kappa shape index (κ3) is 2.05. The largest absolute Gasteiger partial charge is 0.333 e. The summed E-state index contributed by atoms with van der Waals surface area (Å²) in [6, 6.07) is 1.87. The summed E-state index contributed by atoms with van der Waals surface area (Å²) < 4.78 is 6.45. The molecule has 66 valence electrons. The smallest absolute Gasteiger partial charge is 0.260 e. The number of hydrogen-bond acceptors (Lipinski definition) is 4. The van der Waals surface area contributed by atoms with Crippen LogP contribution in [0.5, 0.6) is 0 Å². The predicted octanol–water partition coefficient (Wildman–Crippen LogP) is 2.50. The van der Waals surface area contributed by atoms with E-state index in [-0.39, 0.29) is 0 Å². The Morgan fingerprint density at radius 1 is 1.38 bits per heavy atom. The van der Waals surface area contributed by atoms with Crippen LogP contribution in [-0.4, -0.2) is 15.1 Å². The van der Waals surface area contributed by atoms with Gasteiger partial charge in [-0.3, -0.25) is 4.98 Å². The lowest BCUT2D eigenvalue weighted by Gasteiger charge is -1.92. The van der Waals surface area contributed by atoms with Crippen molar-refractivity contribution in [3.8, 4) is 11.5 Å². The van der Waals surface area contributed by atoms with Gasteiger partial charge in [0.15, 0.2) is 0 Å². The third-order valence-corrected chi connectivity index (χ3v) is 2.22. The highest BCUT2D eigenvalue weighted by Gasteiger charge is 2.06. The number of rotatable bonds is 1. The normalized spacial score (nSPS) is 10.3. The topological polar surface area (TPSA) is 51.8 Å². The summed E-state index contributed by atoms with van der Waals surface area (Å²) in [5.41, 5.74) is 0.810. The van der Waals surface area contributed by atoms with Gasteiger partial charge in [-0.1, -0.05) is 5.16 Å². The second-order valence-electron chi connectivity index (χ2n) is 2.26. The molecule has 0 radical (unpaired) electrons. The van der Waals surface area contributed by atoms with E-state index < -0.39 is 0 Å². The fourth-order valence-corrected chi connectivity index (χ4v) is 1.53. The number of halogens is 2. The average molecular weight is 352 g/mol. The molecule has 0 unspecified atom stereocenters. The molecule has 0 N–H and O–H groups in total. The highest BCUT2D eigenvalue weighted by atomic mass is 127. The van der Waals surface area contributed by atoms with Gasteiger partial charge in [-0.2, -0.15) is 4.98 Å². The zero-order valence-corrected chi connectivity index (χ0v) is 9.98. The molecule has 0 spiro atoms. The van der Waals surface area contributed by atoms with Gasteiger partial charge in [-0.05, 0) is 22.0 Å². The van der Waals surface area contributed by atoms with Crippen molar-refractivity contribution in [1.82, 2.24) is 15.1 Å². The minimum absolute atomic E-state index is 0.484. The van der Waals surface area contributed by atoms with Crippen molar-refractivity contribution in [2.45, 2.75) is 0 Å². The van der Waals surface area contributed by atoms with Crippen molar-refractivity contribution in [3.63, 3.8) is 0 Å². The molecular formula is C7H3BrIN3O. The van der Waals surface area contributed by atoms with E-state index in [4.69, 9.17) is 4.52 Å². The van der Waals surface area contributed by atoms with Gasteiger partial charge >= 0.3 is 0 Å². The Morgan fingerprint density at radius 3 is 2.85 bits per heavy atom. The first-order chi connectivity index (χ1) is 6.25. The van der Waals surface area contributed by atoms with Crippen molar-refractivity contribution >= 4 is 38.5 Å². The Balaban J connectivity index is 2.46. The molecule has 0 atom stereocenters. The monoisotopic (exact) mass is 351 g/mol. The maximum Gasteiger partial charge on any atom is 0.260 e. The predicted molar refractivity (Wildman–Crippen MR) is 57.9 cm³/mol. The van der Waals surface area contributed by atoms with Gasteiger partial charge in [0, 0.05) is 39.5 Å². The first-order valence-corrected chi connectivity index (χ1v) is 5.23. The van der Waals surface area contributed by atoms with E-state index in [1.54, 1.807) is 12.4 Å². The van der Waals surface area contributed by atoms with E-state index in [9.17, 15) is 0 Å². The number of nitrogens with zero attached hydrogens (tertiary/aromatic N) is 3. The van der Waals surface area contributed by atoms with Gasteiger partial charge in [-0.15, -0.1) is 0 Å². The van der Waals surface area contributed by atoms with Crippen molar-refractivity contribution in [2.75, 3.05) is 0 Å². The zero-order valence-electron chi connectivity index (χ0n) is 6.24. The quantitative estimate of drug-likeness (QED) is 0.741. The van der Waals surface area contributed by atoms with Crippen LogP contribution in [0.4, 0.5) is 0 Å². The van der Waals surface area contributed by atoms with Crippen LogP contribution in [0.25, 0.3) is 11.5 Å². The zero-order chi connectivity index (χ0) is 9.26. The highest BCUT2D eigenvalue weighted by molar-refractivity contribution is 14.1. The highest BCUT2D eigenvalue weighted by Crippen LogP contribution is 2.19. The lowest BCUT2D eigenvalue weighted by molar-refractivity contribution is 0.425. The molecule has 2 aromatic heterocycles. The summed E-state index contributed by atoms with van der Waals surface area (Å²) in [7, 11) is 0. The van der Waals surface area contributed by atoms with Crippen molar-refractivity contribution in [1.29, 1.82) is 0 Å². The molecule has 0 fully saturated rings. The van der Waals surface area contributed by atoms with Gasteiger partial charge in [0.05, 0.1) is 5.56 Å². The lowest BCUT2D eigenvalue weighted by Crippen LogP contribution is -1.80. The van der Waals surface area contributed by atoms with E-state index in [2.05, 4.69) is 31.1 Å². The molecule has 6 heteroatoms. The fraction of sp³-hybridized carbons (Fsp3) is 0. The Hall–Kier alpha value is -0.500. The molecule has 0 aromatic carbocycles. The molecule has 0 amide bonds. The van der Waals surface area contributed by atoms with Gasteiger partial charge in [0.2, 0.25) is 3.83 Å². The Labute approximate surface area is 96.0 Å². The van der Waals surface area contributed by atoms with Crippen LogP contribution < -0.4 is 0 Å². The van der Waals surface area contributed by atoms with Gasteiger partial charge in [0.25, 0.3) is 5.89 Å². The third-order valence-electron chi connectivity index (χ3n) is 1.35. The molecule has 2 heterocycles. The molecule has 13 heavy (non-hydrogen) atoms. The summed E-state index contributed by atoms with van der Waals surface area (Å²) in [5.74, 6) is 0.484. The molecule has 0 bridgehead atoms. The Bertz CT molecular complexity index is 431. The minimum Gasteiger partial charge on any atom is -0.333 e. The van der Waals surface area contributed by atoms with E-state index in [1.807, 2.05) is 28.7 Å². The molecule has 0 aliphatic carbocycles. The van der Waals surface area contributed by atoms with Crippen LogP contribution in [0, 0.1) is 3.83 Å². The Kier molecular flexibility index (Phi) is 2.58. The molecule has 0 saturated heterocycles. The van der Waals surface area contributed by atoms with Crippen LogP contribution in [0.15, 0.2) is 27.5 Å². The van der Waals surface area contributed by atoms with Crippen LogP contribution in [0.1, 0.15) is 0 Å². The van der Waals surface area contributed by atoms with Crippen LogP contribution in [-0.2, 0) is 0 Å². The number of hydrogen-bond donors (Lipinski definition) is 0. The van der Waals surface area contributed by atoms with Crippen molar-refractivity contribution in [2.24, 2.45) is 0 Å². The van der Waals surface area contributed by atoms with Crippen LogP contribution in [0.2, 0.25) is 0 Å². The molecule has 0 aliphatic rings. The summed E-state index contributed by atoms with van der Waals surface area (Å²) in [6.07, 6.45) is 3.37. The molecule has 0 saturated carbocycles. The fourth-order valence-electron chi connectivity index (χ4n) is 0.852. The molecule has 2 rings (SSSR count). The molecular weight excluding hydrogens is 349 g/mol. The van der Waals surface area contributed by atoms with E-state index in [0.717, 1.165) is 10.0 Å². The number of aromatic nitrogens is 3. The van der Waals surface area contributed by atoms with Crippen LogP contribution in [0.3, 0.4) is 0 Å². The van der Waals surface area contributed by atoms with Crippen molar-refractivity contribution < 1.29 is 4.52 Å².